The molecule has 2 aromatic heterocycles. The van der Waals surface area contributed by atoms with Crippen molar-refractivity contribution in [3.05, 3.63) is 47.7 Å². The van der Waals surface area contributed by atoms with Crippen LogP contribution in [-0.2, 0) is 23.2 Å². The van der Waals surface area contributed by atoms with Crippen LogP contribution in [0, 0.1) is 12.8 Å². The zero-order valence-electron chi connectivity index (χ0n) is 18.6. The number of aliphatic carboxylic acids is 1. The molecule has 0 bridgehead atoms. The van der Waals surface area contributed by atoms with E-state index >= 15 is 0 Å². The van der Waals surface area contributed by atoms with Gasteiger partial charge in [-0.05, 0) is 19.4 Å². The molecule has 1 aliphatic rings. The zero-order valence-corrected chi connectivity index (χ0v) is 18.6. The number of imidazole rings is 1. The van der Waals surface area contributed by atoms with Crippen LogP contribution in [-0.4, -0.2) is 48.4 Å². The lowest BCUT2D eigenvalue weighted by Crippen LogP contribution is -2.46. The number of para-hydroxylation sites is 1. The fourth-order valence-electron chi connectivity index (χ4n) is 3.80. The number of carbonyl (C=O) groups excluding carboxylic acids is 2. The van der Waals surface area contributed by atoms with E-state index in [1.165, 1.54) is 0 Å². The van der Waals surface area contributed by atoms with E-state index in [1.54, 1.807) is 11.7 Å². The molecule has 4 rings (SSSR count). The van der Waals surface area contributed by atoms with Crippen molar-refractivity contribution in [1.29, 1.82) is 0 Å². The number of hydrazine groups is 1. The van der Waals surface area contributed by atoms with Crippen molar-refractivity contribution in [3.8, 4) is 0 Å². The van der Waals surface area contributed by atoms with Crippen molar-refractivity contribution in [2.75, 3.05) is 0 Å². The summed E-state index contributed by atoms with van der Waals surface area (Å²) in [5, 5.41) is 12.1. The van der Waals surface area contributed by atoms with Crippen LogP contribution < -0.4 is 10.9 Å². The summed E-state index contributed by atoms with van der Waals surface area (Å²) in [5.74, 6) is -2.40. The Bertz CT molecular complexity index is 1230. The number of aryl methyl sites for hydroxylation is 2. The Morgan fingerprint density at radius 3 is 2.47 bits per heavy atom. The molecule has 0 unspecified atom stereocenters. The highest BCUT2D eigenvalue weighted by Crippen LogP contribution is 2.30. The molecule has 3 N–H and O–H groups in total. The van der Waals surface area contributed by atoms with Crippen molar-refractivity contribution >= 4 is 28.7 Å². The summed E-state index contributed by atoms with van der Waals surface area (Å²) in [4.78, 5) is 38.5. The molecule has 3 heterocycles. The topological polar surface area (TPSA) is 131 Å². The van der Waals surface area contributed by atoms with Gasteiger partial charge in [-0.2, -0.15) is 18.3 Å². The van der Waals surface area contributed by atoms with E-state index in [9.17, 15) is 22.8 Å². The number of hydrogen-bond acceptors (Lipinski definition) is 5. The molecule has 1 aromatic carbocycles. The minimum atomic E-state index is -5.08. The van der Waals surface area contributed by atoms with Crippen molar-refractivity contribution in [2.45, 2.75) is 38.9 Å². The summed E-state index contributed by atoms with van der Waals surface area (Å²) in [7, 11) is 1.78. The molecule has 0 saturated carbocycles. The highest BCUT2D eigenvalue weighted by atomic mass is 19.4. The van der Waals surface area contributed by atoms with Crippen molar-refractivity contribution in [3.63, 3.8) is 0 Å². The number of benzene rings is 1. The van der Waals surface area contributed by atoms with Crippen LogP contribution in [0.15, 0.2) is 30.5 Å². The second-order valence-electron chi connectivity index (χ2n) is 7.96. The predicted octanol–water partition coefficient (Wildman–Crippen LogP) is 2.30. The number of amides is 2. The number of carboxylic acid groups (broad SMARTS) is 1. The first-order chi connectivity index (χ1) is 15.9. The number of alkyl halides is 3. The number of carboxylic acids is 1. The van der Waals surface area contributed by atoms with E-state index in [4.69, 9.17) is 9.90 Å². The number of halogens is 3. The molecule has 0 saturated heterocycles. The average Bonchev–Trinajstić information content (AvgIpc) is 3.31. The van der Waals surface area contributed by atoms with Crippen molar-refractivity contribution in [1.82, 2.24) is 30.2 Å². The monoisotopic (exact) mass is 480 g/mol. The van der Waals surface area contributed by atoms with Crippen LogP contribution in [0.3, 0.4) is 0 Å². The molecular weight excluding hydrogens is 457 g/mol. The van der Waals surface area contributed by atoms with Gasteiger partial charge in [0.1, 0.15) is 5.82 Å². The SMILES string of the molecule is Cc1cn2c(n1)[C@H](C)C[C@H](C(=O)NNC(=O)c1nn(C)c3ccccc13)C2.O=C(O)C(F)(F)F. The predicted molar refractivity (Wildman–Crippen MR) is 113 cm³/mol. The maximum absolute atomic E-state index is 12.6. The van der Waals surface area contributed by atoms with Gasteiger partial charge in [0.25, 0.3) is 5.91 Å². The fraction of sp³-hybridized carbons (Fsp3) is 0.381. The maximum Gasteiger partial charge on any atom is 0.490 e. The number of carbonyl (C=O) groups is 3. The molecule has 0 fully saturated rings. The quantitative estimate of drug-likeness (QED) is 0.483. The van der Waals surface area contributed by atoms with Gasteiger partial charge < -0.3 is 9.67 Å². The number of aromatic nitrogens is 4. The molecule has 3 aromatic rings. The first kappa shape index (κ1) is 24.7. The summed E-state index contributed by atoms with van der Waals surface area (Å²) >= 11 is 0. The Labute approximate surface area is 191 Å². The summed E-state index contributed by atoms with van der Waals surface area (Å²) in [5.41, 5.74) is 7.17. The molecule has 34 heavy (non-hydrogen) atoms. The largest absolute Gasteiger partial charge is 0.490 e. The number of nitrogens with one attached hydrogen (secondary N) is 2. The van der Waals surface area contributed by atoms with Gasteiger partial charge >= 0.3 is 12.1 Å². The first-order valence-electron chi connectivity index (χ1n) is 10.2. The highest BCUT2D eigenvalue weighted by Gasteiger charge is 2.38. The van der Waals surface area contributed by atoms with Gasteiger partial charge in [0.15, 0.2) is 5.69 Å². The number of fused-ring (bicyclic) bond motifs is 2. The van der Waals surface area contributed by atoms with Gasteiger partial charge in [-0.3, -0.25) is 25.1 Å². The molecule has 0 spiro atoms. The molecule has 13 heteroatoms. The Hall–Kier alpha value is -3.90. The highest BCUT2D eigenvalue weighted by molar-refractivity contribution is 6.05. The molecule has 1 aliphatic heterocycles. The average molecular weight is 480 g/mol. The standard InChI is InChI=1S/C19H22N6O2.C2HF3O2/c1-11-8-13(10-25-9-12(2)20-17(11)25)18(26)21-22-19(27)16-14-6-4-5-7-15(14)24(3)23-16;3-2(4,5)1(6)7/h4-7,9,11,13H,8,10H2,1-3H3,(H,21,26)(H,22,27);(H,6,7)/t11-,13+;/m1./s1. The molecule has 0 radical (unpaired) electrons. The van der Waals surface area contributed by atoms with Crippen LogP contribution >= 0.6 is 0 Å². The fourth-order valence-corrected chi connectivity index (χ4v) is 3.80. The van der Waals surface area contributed by atoms with Crippen molar-refractivity contribution < 1.29 is 32.7 Å². The third-order valence-electron chi connectivity index (χ3n) is 5.31. The Kier molecular flexibility index (Phi) is 6.93. The van der Waals surface area contributed by atoms with Gasteiger partial charge in [0.2, 0.25) is 5.91 Å². The van der Waals surface area contributed by atoms with Crippen LogP contribution in [0.4, 0.5) is 13.2 Å². The summed E-state index contributed by atoms with van der Waals surface area (Å²) in [6.07, 6.45) is -2.42. The molecule has 10 nitrogen and oxygen atoms in total. The second kappa shape index (κ2) is 9.53. The third-order valence-corrected chi connectivity index (χ3v) is 5.31. The van der Waals surface area contributed by atoms with Crippen LogP contribution in [0.25, 0.3) is 10.9 Å². The Morgan fingerprint density at radius 2 is 1.82 bits per heavy atom. The minimum absolute atomic E-state index is 0.193. The van der Waals surface area contributed by atoms with Crippen LogP contribution in [0.1, 0.15) is 41.3 Å². The second-order valence-corrected chi connectivity index (χ2v) is 7.96. The van der Waals surface area contributed by atoms with E-state index in [0.717, 1.165) is 22.4 Å². The molecule has 2 atom stereocenters. The van der Waals surface area contributed by atoms with Gasteiger partial charge in [-0.25, -0.2) is 9.78 Å². The summed E-state index contributed by atoms with van der Waals surface area (Å²) < 4.78 is 35.4. The third kappa shape index (κ3) is 5.35. The minimum Gasteiger partial charge on any atom is -0.475 e. The summed E-state index contributed by atoms with van der Waals surface area (Å²) in [6.45, 7) is 4.58. The van der Waals surface area contributed by atoms with E-state index in [2.05, 4.69) is 27.9 Å². The number of nitrogens with zero attached hydrogens (tertiary/aromatic N) is 4. The van der Waals surface area contributed by atoms with Crippen molar-refractivity contribution in [2.24, 2.45) is 13.0 Å². The van der Waals surface area contributed by atoms with Gasteiger partial charge in [0, 0.05) is 31.1 Å². The number of rotatable bonds is 2. The number of hydrogen-bond donors (Lipinski definition) is 3. The van der Waals surface area contributed by atoms with Gasteiger partial charge in [-0.1, -0.05) is 25.1 Å². The Balaban J connectivity index is 0.000000406. The zero-order chi connectivity index (χ0) is 25.2. The molecule has 0 aliphatic carbocycles. The smallest absolute Gasteiger partial charge is 0.475 e. The Morgan fingerprint density at radius 1 is 1.18 bits per heavy atom. The normalized spacial score (nSPS) is 17.4. The first-order valence-corrected chi connectivity index (χ1v) is 10.2. The van der Waals surface area contributed by atoms with Gasteiger partial charge in [-0.15, -0.1) is 0 Å². The van der Waals surface area contributed by atoms with Crippen LogP contribution in [0.2, 0.25) is 0 Å². The lowest BCUT2D eigenvalue weighted by atomic mass is 9.91. The molecular formula is C21H23F3N6O4. The van der Waals surface area contributed by atoms with E-state index in [0.29, 0.717) is 13.0 Å². The lowest BCUT2D eigenvalue weighted by molar-refractivity contribution is -0.192. The molecule has 182 valence electrons. The van der Waals surface area contributed by atoms with E-state index < -0.39 is 18.1 Å². The van der Waals surface area contributed by atoms with Gasteiger partial charge in [0.05, 0.1) is 17.1 Å². The summed E-state index contributed by atoms with van der Waals surface area (Å²) in [6, 6.07) is 7.48. The maximum atomic E-state index is 12.6. The molecule has 2 amide bonds. The lowest BCUT2D eigenvalue weighted by Gasteiger charge is -2.27. The van der Waals surface area contributed by atoms with E-state index in [1.807, 2.05) is 42.0 Å². The van der Waals surface area contributed by atoms with Crippen LogP contribution in [0.5, 0.6) is 0 Å². The van der Waals surface area contributed by atoms with E-state index in [-0.39, 0.29) is 23.4 Å².